The summed E-state index contributed by atoms with van der Waals surface area (Å²) in [5, 5.41) is 9.87. The van der Waals surface area contributed by atoms with E-state index in [4.69, 9.17) is 9.47 Å². The van der Waals surface area contributed by atoms with E-state index < -0.39 is 16.1 Å². The predicted molar refractivity (Wildman–Crippen MR) is 148 cm³/mol. The van der Waals surface area contributed by atoms with Gasteiger partial charge in [0.05, 0.1) is 19.3 Å². The quantitative estimate of drug-likeness (QED) is 0.448. The van der Waals surface area contributed by atoms with Crippen molar-refractivity contribution in [3.8, 4) is 23.3 Å². The van der Waals surface area contributed by atoms with Crippen LogP contribution in [0.3, 0.4) is 0 Å². The molecule has 2 heterocycles. The lowest BCUT2D eigenvalue weighted by Crippen LogP contribution is -2.49. The third-order valence-electron chi connectivity index (χ3n) is 6.67. The Hall–Kier alpha value is -3.49. The van der Waals surface area contributed by atoms with Crippen molar-refractivity contribution in [1.29, 1.82) is 0 Å². The summed E-state index contributed by atoms with van der Waals surface area (Å²) in [5.41, 5.74) is 2.30. The van der Waals surface area contributed by atoms with Gasteiger partial charge in [0.2, 0.25) is 10.0 Å². The average molecular weight is 551 g/mol. The molecule has 0 radical (unpaired) electrons. The van der Waals surface area contributed by atoms with Crippen molar-refractivity contribution < 1.29 is 23.0 Å². The molecule has 4 rings (SSSR count). The number of methoxy groups -OCH3 is 1. The summed E-state index contributed by atoms with van der Waals surface area (Å²) < 4.78 is 40.7. The van der Waals surface area contributed by atoms with Crippen LogP contribution in [0.25, 0.3) is 0 Å². The Morgan fingerprint density at radius 3 is 2.67 bits per heavy atom. The highest BCUT2D eigenvalue weighted by Gasteiger charge is 2.38. The maximum atomic E-state index is 13.7. The Balaban J connectivity index is 1.71. The molecule has 0 amide bonds. The molecule has 0 aliphatic carbocycles. The van der Waals surface area contributed by atoms with Gasteiger partial charge in [-0.3, -0.25) is 4.90 Å². The van der Waals surface area contributed by atoms with Crippen LogP contribution in [0.5, 0.6) is 11.5 Å². The largest absolute Gasteiger partial charge is 0.495 e. The topological polar surface area (TPSA) is 105 Å². The maximum absolute atomic E-state index is 13.7. The molecule has 0 unspecified atom stereocenters. The molecule has 2 aromatic carbocycles. The third kappa shape index (κ3) is 6.75. The molecule has 0 saturated heterocycles. The van der Waals surface area contributed by atoms with E-state index in [9.17, 15) is 13.5 Å². The number of aromatic nitrogens is 2. The van der Waals surface area contributed by atoms with Gasteiger partial charge in [-0.05, 0) is 44.3 Å². The summed E-state index contributed by atoms with van der Waals surface area (Å²) in [6.45, 7) is 4.74. The van der Waals surface area contributed by atoms with E-state index in [-0.39, 0.29) is 35.8 Å². The van der Waals surface area contributed by atoms with Crippen molar-refractivity contribution in [3.05, 3.63) is 77.9 Å². The number of aliphatic hydroxyl groups excluding tert-OH is 1. The van der Waals surface area contributed by atoms with Crippen molar-refractivity contribution in [2.75, 3.05) is 33.9 Å². The number of aliphatic hydroxyl groups is 1. The van der Waals surface area contributed by atoms with Crippen LogP contribution >= 0.6 is 0 Å². The summed E-state index contributed by atoms with van der Waals surface area (Å²) in [4.78, 5) is 10.3. The Labute approximate surface area is 230 Å². The number of likely N-dealkylation sites (N-methyl/N-ethyl adjacent to an activating group) is 1. The number of sulfonamides is 1. The van der Waals surface area contributed by atoms with Crippen LogP contribution in [-0.4, -0.2) is 78.7 Å². The van der Waals surface area contributed by atoms with Gasteiger partial charge in [-0.1, -0.05) is 30.9 Å². The van der Waals surface area contributed by atoms with Gasteiger partial charge in [-0.2, -0.15) is 4.31 Å². The molecular weight excluding hydrogens is 516 g/mol. The summed E-state index contributed by atoms with van der Waals surface area (Å²) >= 11 is 0. The normalized spacial score (nSPS) is 19.5. The van der Waals surface area contributed by atoms with Crippen LogP contribution in [0, 0.1) is 17.8 Å². The zero-order valence-electron chi connectivity index (χ0n) is 22.6. The molecule has 1 aliphatic rings. The van der Waals surface area contributed by atoms with E-state index in [1.807, 2.05) is 38.2 Å². The van der Waals surface area contributed by atoms with Crippen molar-refractivity contribution in [3.63, 3.8) is 0 Å². The highest BCUT2D eigenvalue weighted by atomic mass is 32.2. The first kappa shape index (κ1) is 28.5. The molecule has 0 saturated carbocycles. The Morgan fingerprint density at radius 1 is 1.21 bits per heavy atom. The smallest absolute Gasteiger partial charge is 0.247 e. The van der Waals surface area contributed by atoms with Crippen molar-refractivity contribution in [2.45, 2.75) is 37.4 Å². The zero-order chi connectivity index (χ0) is 28.0. The van der Waals surface area contributed by atoms with Crippen LogP contribution < -0.4 is 9.47 Å². The van der Waals surface area contributed by atoms with Crippen LogP contribution in [0.1, 0.15) is 30.5 Å². The van der Waals surface area contributed by atoms with Crippen molar-refractivity contribution >= 4 is 10.0 Å². The van der Waals surface area contributed by atoms with E-state index >= 15 is 0 Å². The minimum Gasteiger partial charge on any atom is -0.495 e. The van der Waals surface area contributed by atoms with Crippen molar-refractivity contribution in [1.82, 2.24) is 19.2 Å². The van der Waals surface area contributed by atoms with Gasteiger partial charge >= 0.3 is 0 Å². The number of benzene rings is 2. The fourth-order valence-electron chi connectivity index (χ4n) is 4.50. The summed E-state index contributed by atoms with van der Waals surface area (Å²) in [5.74, 6) is 6.95. The lowest BCUT2D eigenvalue weighted by molar-refractivity contribution is 0.0733. The SMILES string of the molecule is COc1ccccc1C#Cc1ccc2c(c1)O[C@@H](CN(C)Cc1cncnc1)[C@@H](C)CN([C@H](C)CO)S2(=O)=O. The molecule has 1 aliphatic heterocycles. The molecule has 0 spiro atoms. The van der Waals surface area contributed by atoms with Gasteiger partial charge in [-0.25, -0.2) is 18.4 Å². The minimum atomic E-state index is -3.93. The highest BCUT2D eigenvalue weighted by molar-refractivity contribution is 7.89. The third-order valence-corrected chi connectivity index (χ3v) is 8.69. The number of rotatable bonds is 7. The molecule has 3 atom stereocenters. The molecule has 10 heteroatoms. The minimum absolute atomic E-state index is 0.0571. The van der Waals surface area contributed by atoms with Gasteiger partial charge in [-0.15, -0.1) is 0 Å². The Morgan fingerprint density at radius 2 is 1.95 bits per heavy atom. The van der Waals surface area contributed by atoms with Crippen LogP contribution in [0.2, 0.25) is 0 Å². The van der Waals surface area contributed by atoms with Crippen LogP contribution in [-0.2, 0) is 16.6 Å². The van der Waals surface area contributed by atoms with Crippen molar-refractivity contribution in [2.24, 2.45) is 5.92 Å². The molecule has 39 heavy (non-hydrogen) atoms. The highest BCUT2D eigenvalue weighted by Crippen LogP contribution is 2.34. The maximum Gasteiger partial charge on any atom is 0.247 e. The molecular formula is C29H34N4O5S. The standard InChI is InChI=1S/C29H34N4O5S/c1-21-16-33(22(2)19-34)39(35,36)29-12-10-23(9-11-25-7-5-6-8-26(25)37-4)13-27(29)38-28(21)18-32(3)17-24-14-30-20-31-15-24/h5-8,10,12-15,20-22,28,34H,16-19H2,1-4H3/t21-,22+,28-/m0/s1. The lowest BCUT2D eigenvalue weighted by Gasteiger charge is -2.37. The lowest BCUT2D eigenvalue weighted by atomic mass is 10.0. The van der Waals surface area contributed by atoms with E-state index in [1.54, 1.807) is 38.6 Å². The fourth-order valence-corrected chi connectivity index (χ4v) is 6.33. The first-order chi connectivity index (χ1) is 18.7. The van der Waals surface area contributed by atoms with Crippen LogP contribution in [0.4, 0.5) is 0 Å². The average Bonchev–Trinajstić information content (AvgIpc) is 2.94. The summed E-state index contributed by atoms with van der Waals surface area (Å²) in [6, 6.07) is 11.7. The van der Waals surface area contributed by atoms with Gasteiger partial charge in [0.1, 0.15) is 28.8 Å². The Bertz CT molecular complexity index is 1440. The number of hydrogen-bond donors (Lipinski definition) is 1. The van der Waals surface area contributed by atoms with Gasteiger partial charge in [0.25, 0.3) is 0 Å². The fraction of sp³-hybridized carbons (Fsp3) is 0.379. The number of ether oxygens (including phenoxy) is 2. The van der Waals surface area contributed by atoms with E-state index in [0.717, 1.165) is 11.1 Å². The number of fused-ring (bicyclic) bond motifs is 1. The second kappa shape index (κ2) is 12.6. The number of hydrogen-bond acceptors (Lipinski definition) is 8. The molecule has 206 valence electrons. The molecule has 3 aromatic rings. The molecule has 1 N–H and O–H groups in total. The Kier molecular flexibility index (Phi) is 9.20. The van der Waals surface area contributed by atoms with E-state index in [0.29, 0.717) is 24.4 Å². The molecule has 0 fully saturated rings. The summed E-state index contributed by atoms with van der Waals surface area (Å²) in [6.07, 6.45) is 4.70. The van der Waals surface area contributed by atoms with Crippen LogP contribution in [0.15, 0.2) is 66.1 Å². The van der Waals surface area contributed by atoms with Gasteiger partial charge in [0, 0.05) is 55.1 Å². The number of para-hydroxylation sites is 1. The second-order valence-corrected chi connectivity index (χ2v) is 11.7. The van der Waals surface area contributed by atoms with Gasteiger partial charge in [0.15, 0.2) is 0 Å². The van der Waals surface area contributed by atoms with E-state index in [1.165, 1.54) is 16.7 Å². The molecule has 1 aromatic heterocycles. The predicted octanol–water partition coefficient (Wildman–Crippen LogP) is 2.79. The van der Waals surface area contributed by atoms with E-state index in [2.05, 4.69) is 26.7 Å². The van der Waals surface area contributed by atoms with Gasteiger partial charge < -0.3 is 14.6 Å². The second-order valence-electron chi connectivity index (χ2n) is 9.80. The molecule has 9 nitrogen and oxygen atoms in total. The zero-order valence-corrected chi connectivity index (χ0v) is 23.4. The first-order valence-electron chi connectivity index (χ1n) is 12.7. The first-order valence-corrected chi connectivity index (χ1v) is 14.2. The molecule has 0 bridgehead atoms. The number of nitrogens with zero attached hydrogens (tertiary/aromatic N) is 4. The monoisotopic (exact) mass is 550 g/mol. The summed E-state index contributed by atoms with van der Waals surface area (Å²) in [7, 11) is -0.367.